The number of carbonyl (C=O) groups excluding carboxylic acids is 1. The van der Waals surface area contributed by atoms with E-state index in [1.54, 1.807) is 0 Å². The van der Waals surface area contributed by atoms with E-state index in [9.17, 15) is 22.0 Å². The number of hydrogen-bond donors (Lipinski definition) is 1. The van der Waals surface area contributed by atoms with E-state index in [1.807, 2.05) is 0 Å². The Kier molecular flexibility index (Phi) is 7.97. The molecule has 0 spiro atoms. The van der Waals surface area contributed by atoms with Gasteiger partial charge in [-0.05, 0) is 73.3 Å². The molecular weight excluding hydrogens is 438 g/mol. The minimum absolute atomic E-state index is 0.0880. The van der Waals surface area contributed by atoms with Crippen molar-refractivity contribution >= 4 is 16.1 Å². The van der Waals surface area contributed by atoms with Gasteiger partial charge < -0.3 is 4.74 Å². The summed E-state index contributed by atoms with van der Waals surface area (Å²) in [5.74, 6) is -0.933. The van der Waals surface area contributed by atoms with Crippen LogP contribution in [0.2, 0.25) is 0 Å². The number of rotatable bonds is 10. The van der Waals surface area contributed by atoms with Crippen molar-refractivity contribution < 1.29 is 31.3 Å². The summed E-state index contributed by atoms with van der Waals surface area (Å²) in [6.45, 7) is 1.86. The summed E-state index contributed by atoms with van der Waals surface area (Å²) in [6.07, 6.45) is 11.4. The summed E-state index contributed by atoms with van der Waals surface area (Å²) in [5.41, 5.74) is 2.47. The van der Waals surface area contributed by atoms with Crippen molar-refractivity contribution in [3.63, 3.8) is 0 Å². The molecular formula is C24H34F2O5S. The van der Waals surface area contributed by atoms with Crippen LogP contribution >= 0.6 is 0 Å². The van der Waals surface area contributed by atoms with Gasteiger partial charge in [0.05, 0.1) is 6.61 Å². The van der Waals surface area contributed by atoms with Crippen molar-refractivity contribution in [2.24, 2.45) is 11.8 Å². The van der Waals surface area contributed by atoms with Gasteiger partial charge in [0.2, 0.25) is 0 Å². The number of fused-ring (bicyclic) bond motifs is 2. The molecule has 1 aromatic rings. The maximum Gasteiger partial charge on any atom is 0.465 e. The number of ether oxygens (including phenoxy) is 1. The van der Waals surface area contributed by atoms with Crippen LogP contribution in [0.3, 0.4) is 0 Å². The SMILES string of the molecule is CCCCc1ccc(C2(CCCOC(=O)C(F)(F)S(=O)(=O)O)CC3CCCC(C3)C2)cc1. The van der Waals surface area contributed by atoms with E-state index >= 15 is 0 Å². The summed E-state index contributed by atoms with van der Waals surface area (Å²) in [7, 11) is -5.84. The van der Waals surface area contributed by atoms with Gasteiger partial charge in [-0.2, -0.15) is 17.2 Å². The molecule has 0 heterocycles. The van der Waals surface area contributed by atoms with Gasteiger partial charge in [0.15, 0.2) is 0 Å². The molecule has 3 rings (SSSR count). The van der Waals surface area contributed by atoms with Gasteiger partial charge in [0, 0.05) is 0 Å². The average molecular weight is 473 g/mol. The molecule has 180 valence electrons. The highest BCUT2D eigenvalue weighted by Crippen LogP contribution is 2.52. The normalized spacial score (nSPS) is 26.0. The van der Waals surface area contributed by atoms with Crippen molar-refractivity contribution in [2.75, 3.05) is 6.61 Å². The van der Waals surface area contributed by atoms with Crippen LogP contribution in [0.15, 0.2) is 24.3 Å². The zero-order valence-electron chi connectivity index (χ0n) is 18.7. The van der Waals surface area contributed by atoms with Crippen molar-refractivity contribution in [3.05, 3.63) is 35.4 Å². The minimum Gasteiger partial charge on any atom is -0.460 e. The Morgan fingerprint density at radius 2 is 1.78 bits per heavy atom. The second kappa shape index (κ2) is 10.2. The second-order valence-electron chi connectivity index (χ2n) is 9.62. The van der Waals surface area contributed by atoms with Gasteiger partial charge in [0.25, 0.3) is 0 Å². The first-order valence-corrected chi connectivity index (χ1v) is 13.1. The van der Waals surface area contributed by atoms with Crippen LogP contribution in [0.1, 0.15) is 82.3 Å². The molecule has 1 aromatic carbocycles. The van der Waals surface area contributed by atoms with Gasteiger partial charge in [-0.3, -0.25) is 4.55 Å². The number of unbranched alkanes of at least 4 members (excludes halogenated alkanes) is 1. The number of hydrogen-bond acceptors (Lipinski definition) is 4. The fourth-order valence-electron chi connectivity index (χ4n) is 5.72. The Hall–Kier alpha value is -1.54. The standard InChI is InChI=1S/C24H34F2O5S/c1-2-3-6-18-9-11-21(12-10-18)23(16-19-7-4-8-20(15-19)17-23)13-5-14-31-22(27)24(25,26)32(28,29)30/h9-12,19-20H,2-8,13-17H2,1H3,(H,28,29,30). The zero-order chi connectivity index (χ0) is 23.4. The zero-order valence-corrected chi connectivity index (χ0v) is 19.5. The number of esters is 1. The van der Waals surface area contributed by atoms with E-state index in [0.29, 0.717) is 24.7 Å². The van der Waals surface area contributed by atoms with Crippen LogP contribution in [0, 0.1) is 11.8 Å². The summed E-state index contributed by atoms with van der Waals surface area (Å²) >= 11 is 0. The molecule has 0 radical (unpaired) electrons. The molecule has 0 aliphatic heterocycles. The summed E-state index contributed by atoms with van der Waals surface area (Å²) in [6, 6.07) is 8.77. The Balaban J connectivity index is 1.70. The van der Waals surface area contributed by atoms with E-state index in [-0.39, 0.29) is 12.0 Å². The van der Waals surface area contributed by atoms with E-state index in [0.717, 1.165) is 32.1 Å². The molecule has 2 fully saturated rings. The molecule has 2 bridgehead atoms. The van der Waals surface area contributed by atoms with E-state index in [1.165, 1.54) is 36.8 Å². The van der Waals surface area contributed by atoms with Crippen molar-refractivity contribution in [1.82, 2.24) is 0 Å². The number of carbonyl (C=O) groups is 1. The lowest BCUT2D eigenvalue weighted by atomic mass is 9.57. The van der Waals surface area contributed by atoms with E-state index < -0.39 is 21.3 Å². The highest BCUT2D eigenvalue weighted by atomic mass is 32.2. The lowest BCUT2D eigenvalue weighted by molar-refractivity contribution is -0.161. The topological polar surface area (TPSA) is 80.7 Å². The minimum atomic E-state index is -5.84. The number of halogens is 2. The largest absolute Gasteiger partial charge is 0.465 e. The quantitative estimate of drug-likeness (QED) is 0.270. The van der Waals surface area contributed by atoms with Crippen LogP contribution in [-0.4, -0.2) is 30.8 Å². The monoisotopic (exact) mass is 472 g/mol. The van der Waals surface area contributed by atoms with Gasteiger partial charge in [-0.25, -0.2) is 4.79 Å². The Labute approximate surface area is 189 Å². The number of alkyl halides is 2. The summed E-state index contributed by atoms with van der Waals surface area (Å²) in [5, 5.41) is -4.94. The molecule has 5 nitrogen and oxygen atoms in total. The van der Waals surface area contributed by atoms with Gasteiger partial charge >= 0.3 is 21.3 Å². The first-order chi connectivity index (χ1) is 15.1. The highest BCUT2D eigenvalue weighted by Gasteiger charge is 2.54. The van der Waals surface area contributed by atoms with E-state index in [2.05, 4.69) is 35.9 Å². The van der Waals surface area contributed by atoms with Crippen LogP contribution in [-0.2, 0) is 31.5 Å². The third kappa shape index (κ3) is 5.68. The van der Waals surface area contributed by atoms with Crippen molar-refractivity contribution in [2.45, 2.75) is 88.2 Å². The first-order valence-electron chi connectivity index (χ1n) is 11.7. The highest BCUT2D eigenvalue weighted by molar-refractivity contribution is 7.87. The predicted molar refractivity (Wildman–Crippen MR) is 118 cm³/mol. The molecule has 0 saturated heterocycles. The predicted octanol–water partition coefficient (Wildman–Crippen LogP) is 5.67. The summed E-state index contributed by atoms with van der Waals surface area (Å²) in [4.78, 5) is 11.5. The molecule has 2 atom stereocenters. The molecule has 0 amide bonds. The van der Waals surface area contributed by atoms with Crippen LogP contribution in [0.4, 0.5) is 8.78 Å². The second-order valence-corrected chi connectivity index (χ2v) is 11.1. The molecule has 2 saturated carbocycles. The van der Waals surface area contributed by atoms with Crippen molar-refractivity contribution in [3.8, 4) is 0 Å². The lowest BCUT2D eigenvalue weighted by Crippen LogP contribution is -2.40. The van der Waals surface area contributed by atoms with Crippen LogP contribution in [0.25, 0.3) is 0 Å². The fourth-order valence-corrected chi connectivity index (χ4v) is 5.99. The fraction of sp³-hybridized carbons (Fsp3) is 0.708. The molecule has 0 aromatic heterocycles. The van der Waals surface area contributed by atoms with Crippen molar-refractivity contribution in [1.29, 1.82) is 0 Å². The first kappa shape index (κ1) is 25.1. The van der Waals surface area contributed by atoms with Gasteiger partial charge in [-0.1, -0.05) is 56.9 Å². The number of benzene rings is 1. The number of aryl methyl sites for hydroxylation is 1. The van der Waals surface area contributed by atoms with Gasteiger partial charge in [0.1, 0.15) is 0 Å². The molecule has 2 unspecified atom stereocenters. The third-order valence-corrected chi connectivity index (χ3v) is 8.04. The molecule has 8 heteroatoms. The summed E-state index contributed by atoms with van der Waals surface area (Å²) < 4.78 is 61.4. The molecule has 1 N–H and O–H groups in total. The van der Waals surface area contributed by atoms with E-state index in [4.69, 9.17) is 4.55 Å². The molecule has 2 aliphatic carbocycles. The Bertz CT molecular complexity index is 870. The molecule has 32 heavy (non-hydrogen) atoms. The molecule has 2 aliphatic rings. The maximum absolute atomic E-state index is 13.4. The maximum atomic E-state index is 13.4. The Morgan fingerprint density at radius 1 is 1.16 bits per heavy atom. The van der Waals surface area contributed by atoms with Crippen LogP contribution in [0.5, 0.6) is 0 Å². The average Bonchev–Trinajstić information content (AvgIpc) is 2.74. The smallest absolute Gasteiger partial charge is 0.460 e. The lowest BCUT2D eigenvalue weighted by Gasteiger charge is -2.48. The third-order valence-electron chi connectivity index (χ3n) is 7.23. The van der Waals surface area contributed by atoms with Crippen LogP contribution < -0.4 is 0 Å². The Morgan fingerprint density at radius 3 is 2.34 bits per heavy atom. The van der Waals surface area contributed by atoms with Gasteiger partial charge in [-0.15, -0.1) is 0 Å².